The third-order valence-electron chi connectivity index (χ3n) is 2.78. The molecule has 2 heterocycles. The smallest absolute Gasteiger partial charge is 0.254 e. The maximum atomic E-state index is 11.0. The Labute approximate surface area is 93.0 Å². The van der Waals surface area contributed by atoms with Crippen molar-refractivity contribution in [3.63, 3.8) is 0 Å². The fourth-order valence-electron chi connectivity index (χ4n) is 1.80. The number of hydrogen-bond donors (Lipinski definition) is 2. The zero-order valence-electron chi connectivity index (χ0n) is 9.06. The molecule has 0 saturated carbocycles. The average Bonchev–Trinajstić information content (AvgIpc) is 2.66. The molecule has 4 N–H and O–H groups in total. The van der Waals surface area contributed by atoms with Gasteiger partial charge in [-0.25, -0.2) is 9.97 Å². The second kappa shape index (κ2) is 3.71. The van der Waals surface area contributed by atoms with E-state index in [0.717, 1.165) is 12.8 Å². The Balaban J connectivity index is 2.37. The van der Waals surface area contributed by atoms with E-state index < -0.39 is 11.5 Å². The van der Waals surface area contributed by atoms with Gasteiger partial charge in [-0.1, -0.05) is 0 Å². The molecule has 1 aromatic heterocycles. The maximum absolute atomic E-state index is 11.0. The van der Waals surface area contributed by atoms with Crippen molar-refractivity contribution < 1.29 is 9.53 Å². The second-order valence-corrected chi connectivity index (χ2v) is 4.04. The Bertz CT molecular complexity index is 427. The predicted octanol–water partition coefficient (Wildman–Crippen LogP) is 0.183. The summed E-state index contributed by atoms with van der Waals surface area (Å²) in [5.74, 6) is -0.0109. The normalized spacial score (nSPS) is 24.6. The molecule has 0 aromatic carbocycles. The van der Waals surface area contributed by atoms with Crippen molar-refractivity contribution >= 4 is 11.7 Å². The van der Waals surface area contributed by atoms with Gasteiger partial charge in [0.05, 0.1) is 5.56 Å². The van der Waals surface area contributed by atoms with E-state index in [1.165, 1.54) is 6.20 Å². The van der Waals surface area contributed by atoms with Crippen LogP contribution >= 0.6 is 0 Å². The number of carbonyl (C=O) groups excluding carboxylic acids is 1. The van der Waals surface area contributed by atoms with Crippen molar-refractivity contribution in [3.05, 3.63) is 17.6 Å². The highest BCUT2D eigenvalue weighted by molar-refractivity contribution is 5.96. The van der Waals surface area contributed by atoms with Crippen LogP contribution in [-0.2, 0) is 10.3 Å². The first-order valence-corrected chi connectivity index (χ1v) is 5.10. The Hall–Kier alpha value is -1.69. The van der Waals surface area contributed by atoms with Gasteiger partial charge in [-0.2, -0.15) is 0 Å². The second-order valence-electron chi connectivity index (χ2n) is 4.04. The van der Waals surface area contributed by atoms with Crippen molar-refractivity contribution in [2.75, 3.05) is 12.3 Å². The third-order valence-corrected chi connectivity index (χ3v) is 2.78. The molecule has 1 aliphatic heterocycles. The molecule has 6 heteroatoms. The molecule has 1 fully saturated rings. The molecule has 0 radical (unpaired) electrons. The van der Waals surface area contributed by atoms with E-state index in [1.807, 2.05) is 6.92 Å². The van der Waals surface area contributed by atoms with E-state index in [4.69, 9.17) is 16.2 Å². The third kappa shape index (κ3) is 1.71. The van der Waals surface area contributed by atoms with Crippen LogP contribution in [0.4, 0.5) is 5.82 Å². The highest BCUT2D eigenvalue weighted by atomic mass is 16.5. The molecule has 0 aliphatic carbocycles. The fraction of sp³-hybridized carbons (Fsp3) is 0.500. The van der Waals surface area contributed by atoms with Gasteiger partial charge in [0, 0.05) is 12.8 Å². The molecule has 1 aromatic rings. The summed E-state index contributed by atoms with van der Waals surface area (Å²) in [6, 6.07) is 0. The highest BCUT2D eigenvalue weighted by Crippen LogP contribution is 2.33. The van der Waals surface area contributed by atoms with E-state index in [2.05, 4.69) is 9.97 Å². The molecule has 6 nitrogen and oxygen atoms in total. The molecular weight excluding hydrogens is 208 g/mol. The minimum Gasteiger partial charge on any atom is -0.383 e. The Morgan fingerprint density at radius 2 is 2.38 bits per heavy atom. The number of ether oxygens (including phenoxy) is 1. The van der Waals surface area contributed by atoms with Crippen LogP contribution in [0.3, 0.4) is 0 Å². The van der Waals surface area contributed by atoms with Crippen molar-refractivity contribution in [2.24, 2.45) is 5.73 Å². The first kappa shape index (κ1) is 10.8. The van der Waals surface area contributed by atoms with Crippen LogP contribution in [-0.4, -0.2) is 22.5 Å². The summed E-state index contributed by atoms with van der Waals surface area (Å²) in [6.07, 6.45) is 3.17. The number of aromatic nitrogens is 2. The lowest BCUT2D eigenvalue weighted by molar-refractivity contribution is 0.00940. The van der Waals surface area contributed by atoms with Gasteiger partial charge in [0.25, 0.3) is 5.91 Å². The molecule has 16 heavy (non-hydrogen) atoms. The van der Waals surface area contributed by atoms with Crippen molar-refractivity contribution in [1.82, 2.24) is 9.97 Å². The van der Waals surface area contributed by atoms with Crippen molar-refractivity contribution in [2.45, 2.75) is 25.4 Å². The van der Waals surface area contributed by atoms with Crippen LogP contribution in [0, 0.1) is 0 Å². The van der Waals surface area contributed by atoms with Crippen LogP contribution in [0.15, 0.2) is 6.20 Å². The van der Waals surface area contributed by atoms with Crippen LogP contribution in [0.25, 0.3) is 0 Å². The van der Waals surface area contributed by atoms with Crippen LogP contribution in [0.2, 0.25) is 0 Å². The number of nitrogen functional groups attached to an aromatic ring is 1. The zero-order valence-corrected chi connectivity index (χ0v) is 9.06. The summed E-state index contributed by atoms with van der Waals surface area (Å²) in [5.41, 5.74) is 10.4. The minimum atomic E-state index is -0.624. The van der Waals surface area contributed by atoms with E-state index in [1.54, 1.807) is 0 Å². The quantitative estimate of drug-likeness (QED) is 0.742. The SMILES string of the molecule is CC1(c2ncc(C(N)=O)c(N)n2)CCCO1. The summed E-state index contributed by atoms with van der Waals surface area (Å²) in [4.78, 5) is 19.2. The van der Waals surface area contributed by atoms with Gasteiger partial charge >= 0.3 is 0 Å². The fourth-order valence-corrected chi connectivity index (χ4v) is 1.80. The lowest BCUT2D eigenvalue weighted by Crippen LogP contribution is -2.25. The highest BCUT2D eigenvalue weighted by Gasteiger charge is 2.35. The van der Waals surface area contributed by atoms with E-state index in [9.17, 15) is 4.79 Å². The molecule has 86 valence electrons. The van der Waals surface area contributed by atoms with Crippen LogP contribution in [0.1, 0.15) is 35.9 Å². The molecule has 0 bridgehead atoms. The first-order valence-electron chi connectivity index (χ1n) is 5.10. The number of anilines is 1. The number of rotatable bonds is 2. The van der Waals surface area contributed by atoms with Gasteiger partial charge in [0.1, 0.15) is 11.4 Å². The maximum Gasteiger partial charge on any atom is 0.254 e. The topological polar surface area (TPSA) is 104 Å². The molecule has 1 saturated heterocycles. The van der Waals surface area contributed by atoms with Gasteiger partial charge in [0.15, 0.2) is 5.82 Å². The summed E-state index contributed by atoms with van der Waals surface area (Å²) < 4.78 is 5.59. The molecule has 1 amide bonds. The summed E-state index contributed by atoms with van der Waals surface area (Å²) in [6.45, 7) is 2.61. The zero-order chi connectivity index (χ0) is 11.8. The van der Waals surface area contributed by atoms with Crippen LogP contribution in [0.5, 0.6) is 0 Å². The summed E-state index contributed by atoms with van der Waals surface area (Å²) in [5, 5.41) is 0. The number of carbonyl (C=O) groups is 1. The standard InChI is InChI=1S/C10H14N4O2/c1-10(3-2-4-16-10)9-13-5-6(8(12)15)7(11)14-9/h5H,2-4H2,1H3,(H2,12,15)(H2,11,13,14). The van der Waals surface area contributed by atoms with Crippen LogP contribution < -0.4 is 11.5 Å². The Kier molecular flexibility index (Phi) is 2.51. The van der Waals surface area contributed by atoms with Gasteiger partial charge in [-0.05, 0) is 19.8 Å². The van der Waals surface area contributed by atoms with E-state index in [0.29, 0.717) is 12.4 Å². The Morgan fingerprint density at radius 1 is 1.62 bits per heavy atom. The van der Waals surface area contributed by atoms with Crippen molar-refractivity contribution in [3.8, 4) is 0 Å². The van der Waals surface area contributed by atoms with Gasteiger partial charge in [-0.3, -0.25) is 4.79 Å². The van der Waals surface area contributed by atoms with Gasteiger partial charge in [0.2, 0.25) is 0 Å². The molecule has 1 atom stereocenters. The number of amides is 1. The minimum absolute atomic E-state index is 0.106. The Morgan fingerprint density at radius 3 is 2.88 bits per heavy atom. The molecule has 1 unspecified atom stereocenters. The van der Waals surface area contributed by atoms with E-state index in [-0.39, 0.29) is 11.4 Å². The molecule has 2 rings (SSSR count). The number of nitrogens with zero attached hydrogens (tertiary/aromatic N) is 2. The summed E-state index contributed by atoms with van der Waals surface area (Å²) in [7, 11) is 0. The first-order chi connectivity index (χ1) is 7.53. The van der Waals surface area contributed by atoms with Gasteiger partial charge in [-0.15, -0.1) is 0 Å². The summed E-state index contributed by atoms with van der Waals surface area (Å²) >= 11 is 0. The lowest BCUT2D eigenvalue weighted by atomic mass is 10.0. The number of primary amides is 1. The van der Waals surface area contributed by atoms with E-state index >= 15 is 0 Å². The monoisotopic (exact) mass is 222 g/mol. The number of hydrogen-bond acceptors (Lipinski definition) is 5. The molecular formula is C10H14N4O2. The molecule has 1 aliphatic rings. The largest absolute Gasteiger partial charge is 0.383 e. The predicted molar refractivity (Wildman–Crippen MR) is 57.5 cm³/mol. The van der Waals surface area contributed by atoms with Gasteiger partial charge < -0.3 is 16.2 Å². The van der Waals surface area contributed by atoms with Crippen molar-refractivity contribution in [1.29, 1.82) is 0 Å². The lowest BCUT2D eigenvalue weighted by Gasteiger charge is -2.21. The number of nitrogens with two attached hydrogens (primary N) is 2. The average molecular weight is 222 g/mol. The molecule has 0 spiro atoms.